The van der Waals surface area contributed by atoms with Crippen LogP contribution in [0.1, 0.15) is 38.3 Å². The molecular formula is C21H28N4O4. The van der Waals surface area contributed by atoms with Crippen LogP contribution in [-0.2, 0) is 14.3 Å². The molecule has 2 aliphatic rings. The molecular weight excluding hydrogens is 372 g/mol. The molecule has 0 bridgehead atoms. The number of oxazole rings is 1. The fourth-order valence-corrected chi connectivity index (χ4v) is 4.21. The SMILES string of the molecule is CCOC(=O)C1CCN(C(=O)C2CCN(c3nc4nc(C)ccc4o3)CC2)CC1. The second-order valence-electron chi connectivity index (χ2n) is 7.88. The van der Waals surface area contributed by atoms with Crippen molar-refractivity contribution in [3.63, 3.8) is 0 Å². The van der Waals surface area contributed by atoms with E-state index in [2.05, 4.69) is 14.9 Å². The first-order chi connectivity index (χ1) is 14.0. The minimum absolute atomic E-state index is 0.0233. The van der Waals surface area contributed by atoms with Gasteiger partial charge in [0, 0.05) is 37.8 Å². The Hall–Kier alpha value is -2.64. The number of esters is 1. The third-order valence-electron chi connectivity index (χ3n) is 5.92. The van der Waals surface area contributed by atoms with E-state index in [-0.39, 0.29) is 23.7 Å². The van der Waals surface area contributed by atoms with Gasteiger partial charge in [-0.2, -0.15) is 4.98 Å². The molecule has 4 heterocycles. The third kappa shape index (κ3) is 4.21. The average molecular weight is 400 g/mol. The van der Waals surface area contributed by atoms with E-state index < -0.39 is 0 Å². The van der Waals surface area contributed by atoms with Crippen LogP contribution in [0.4, 0.5) is 6.01 Å². The van der Waals surface area contributed by atoms with Crippen LogP contribution >= 0.6 is 0 Å². The highest BCUT2D eigenvalue weighted by molar-refractivity contribution is 5.80. The third-order valence-corrected chi connectivity index (χ3v) is 5.92. The van der Waals surface area contributed by atoms with Crippen LogP contribution < -0.4 is 4.90 Å². The molecule has 0 unspecified atom stereocenters. The molecule has 0 radical (unpaired) electrons. The van der Waals surface area contributed by atoms with Crippen LogP contribution in [-0.4, -0.2) is 59.5 Å². The number of nitrogens with zero attached hydrogens (tertiary/aromatic N) is 4. The lowest BCUT2D eigenvalue weighted by Crippen LogP contribution is -2.46. The zero-order chi connectivity index (χ0) is 20.4. The molecule has 0 saturated carbocycles. The summed E-state index contributed by atoms with van der Waals surface area (Å²) in [5.74, 6) is 0.0325. The number of anilines is 1. The zero-order valence-corrected chi connectivity index (χ0v) is 17.1. The van der Waals surface area contributed by atoms with Gasteiger partial charge in [0.1, 0.15) is 0 Å². The fourth-order valence-electron chi connectivity index (χ4n) is 4.21. The van der Waals surface area contributed by atoms with Gasteiger partial charge >= 0.3 is 5.97 Å². The number of rotatable bonds is 4. The standard InChI is InChI=1S/C21H28N4O4/c1-3-28-20(27)16-8-10-24(11-9-16)19(26)15-6-12-25(13-7-15)21-23-18-17(29-21)5-4-14(2)22-18/h4-5,15-16H,3,6-13H2,1-2H3. The number of ether oxygens (including phenoxy) is 1. The summed E-state index contributed by atoms with van der Waals surface area (Å²) < 4.78 is 11.0. The van der Waals surface area contributed by atoms with Crippen molar-refractivity contribution in [1.82, 2.24) is 14.9 Å². The molecule has 1 amide bonds. The Labute approximate surface area is 170 Å². The van der Waals surface area contributed by atoms with Gasteiger partial charge in [0.25, 0.3) is 6.01 Å². The molecule has 2 aromatic rings. The molecule has 0 spiro atoms. The van der Waals surface area contributed by atoms with Crippen LogP contribution in [0.15, 0.2) is 16.5 Å². The van der Waals surface area contributed by atoms with Crippen molar-refractivity contribution in [2.75, 3.05) is 37.7 Å². The summed E-state index contributed by atoms with van der Waals surface area (Å²) in [7, 11) is 0. The van der Waals surface area contributed by atoms with Crippen molar-refractivity contribution < 1.29 is 18.7 Å². The summed E-state index contributed by atoms with van der Waals surface area (Å²) in [6.07, 6.45) is 2.95. The molecule has 29 heavy (non-hydrogen) atoms. The number of carbonyl (C=O) groups excluding carboxylic acids is 2. The Bertz CT molecular complexity index is 880. The van der Waals surface area contributed by atoms with Gasteiger partial charge in [0.05, 0.1) is 12.5 Å². The van der Waals surface area contributed by atoms with Gasteiger partial charge in [-0.15, -0.1) is 0 Å². The van der Waals surface area contributed by atoms with E-state index in [9.17, 15) is 9.59 Å². The van der Waals surface area contributed by atoms with Gasteiger partial charge in [-0.05, 0) is 51.7 Å². The molecule has 8 heteroatoms. The number of likely N-dealkylation sites (tertiary alicyclic amines) is 1. The fraction of sp³-hybridized carbons (Fsp3) is 0.619. The molecule has 2 aromatic heterocycles. The lowest BCUT2D eigenvalue weighted by molar-refractivity contribution is -0.151. The molecule has 4 rings (SSSR count). The molecule has 2 saturated heterocycles. The molecule has 2 fully saturated rings. The number of hydrogen-bond acceptors (Lipinski definition) is 7. The normalized spacial score (nSPS) is 19.0. The predicted molar refractivity (Wildman–Crippen MR) is 107 cm³/mol. The smallest absolute Gasteiger partial charge is 0.309 e. The molecule has 8 nitrogen and oxygen atoms in total. The summed E-state index contributed by atoms with van der Waals surface area (Å²) >= 11 is 0. The van der Waals surface area contributed by atoms with Gasteiger partial charge in [-0.1, -0.05) is 0 Å². The van der Waals surface area contributed by atoms with Crippen molar-refractivity contribution >= 4 is 29.1 Å². The van der Waals surface area contributed by atoms with E-state index >= 15 is 0 Å². The Kier molecular flexibility index (Phi) is 5.69. The lowest BCUT2D eigenvalue weighted by Gasteiger charge is -2.36. The second-order valence-corrected chi connectivity index (χ2v) is 7.88. The van der Waals surface area contributed by atoms with Crippen LogP contribution in [0, 0.1) is 18.8 Å². The maximum absolute atomic E-state index is 12.9. The lowest BCUT2D eigenvalue weighted by atomic mass is 9.92. The van der Waals surface area contributed by atoms with Crippen molar-refractivity contribution in [3.8, 4) is 0 Å². The van der Waals surface area contributed by atoms with Gasteiger partial charge in [0.15, 0.2) is 5.58 Å². The summed E-state index contributed by atoms with van der Waals surface area (Å²) in [5.41, 5.74) is 2.23. The summed E-state index contributed by atoms with van der Waals surface area (Å²) in [6, 6.07) is 4.39. The first-order valence-corrected chi connectivity index (χ1v) is 10.5. The van der Waals surface area contributed by atoms with Crippen molar-refractivity contribution in [2.45, 2.75) is 39.5 Å². The van der Waals surface area contributed by atoms with E-state index in [1.165, 1.54) is 0 Å². The minimum atomic E-state index is -0.129. The number of pyridine rings is 1. The van der Waals surface area contributed by atoms with Crippen molar-refractivity contribution in [1.29, 1.82) is 0 Å². The van der Waals surface area contributed by atoms with Crippen LogP contribution in [0.5, 0.6) is 0 Å². The largest absolute Gasteiger partial charge is 0.466 e. The van der Waals surface area contributed by atoms with Gasteiger partial charge in [-0.25, -0.2) is 4.98 Å². The quantitative estimate of drug-likeness (QED) is 0.729. The monoisotopic (exact) mass is 400 g/mol. The Balaban J connectivity index is 1.30. The van der Waals surface area contributed by atoms with Crippen LogP contribution in [0.3, 0.4) is 0 Å². The molecule has 0 aromatic carbocycles. The highest BCUT2D eigenvalue weighted by Gasteiger charge is 2.33. The number of hydrogen-bond donors (Lipinski definition) is 0. The number of amides is 1. The molecule has 156 valence electrons. The maximum Gasteiger partial charge on any atom is 0.309 e. The van der Waals surface area contributed by atoms with Crippen LogP contribution in [0.25, 0.3) is 11.2 Å². The van der Waals surface area contributed by atoms with Gasteiger partial charge in [-0.3, -0.25) is 9.59 Å². The topological polar surface area (TPSA) is 88.8 Å². The number of carbonyl (C=O) groups is 2. The second kappa shape index (κ2) is 8.39. The summed E-state index contributed by atoms with van der Waals surface area (Å²) in [6.45, 7) is 6.91. The first-order valence-electron chi connectivity index (χ1n) is 10.5. The van der Waals surface area contributed by atoms with E-state index in [0.717, 1.165) is 31.6 Å². The highest BCUT2D eigenvalue weighted by Crippen LogP contribution is 2.28. The predicted octanol–water partition coefficient (Wildman–Crippen LogP) is 2.55. The van der Waals surface area contributed by atoms with Gasteiger partial charge < -0.3 is 19.0 Å². The number of fused-ring (bicyclic) bond motifs is 1. The first kappa shape index (κ1) is 19.7. The molecule has 0 atom stereocenters. The van der Waals surface area contributed by atoms with Crippen LogP contribution in [0.2, 0.25) is 0 Å². The average Bonchev–Trinajstić information content (AvgIpc) is 3.17. The minimum Gasteiger partial charge on any atom is -0.466 e. The number of aryl methyl sites for hydroxylation is 1. The van der Waals surface area contributed by atoms with E-state index in [0.29, 0.717) is 49.8 Å². The molecule has 0 aliphatic carbocycles. The molecule has 0 N–H and O–H groups in total. The summed E-state index contributed by atoms with van der Waals surface area (Å²) in [5, 5.41) is 0. The number of aromatic nitrogens is 2. The van der Waals surface area contributed by atoms with Crippen molar-refractivity contribution in [3.05, 3.63) is 17.8 Å². The van der Waals surface area contributed by atoms with Crippen molar-refractivity contribution in [2.24, 2.45) is 11.8 Å². The van der Waals surface area contributed by atoms with E-state index in [1.54, 1.807) is 0 Å². The number of piperidine rings is 2. The molecule has 2 aliphatic heterocycles. The van der Waals surface area contributed by atoms with E-state index in [1.807, 2.05) is 30.9 Å². The maximum atomic E-state index is 12.9. The Morgan fingerprint density at radius 2 is 1.76 bits per heavy atom. The Morgan fingerprint density at radius 1 is 1.07 bits per heavy atom. The Morgan fingerprint density at radius 3 is 2.45 bits per heavy atom. The zero-order valence-electron chi connectivity index (χ0n) is 17.1. The highest BCUT2D eigenvalue weighted by atomic mass is 16.5. The van der Waals surface area contributed by atoms with E-state index in [4.69, 9.17) is 9.15 Å². The van der Waals surface area contributed by atoms with Gasteiger partial charge in [0.2, 0.25) is 11.6 Å². The summed E-state index contributed by atoms with van der Waals surface area (Å²) in [4.78, 5) is 37.7.